The van der Waals surface area contributed by atoms with Crippen LogP contribution >= 0.6 is 0 Å². The number of benzene rings is 1. The Bertz CT molecular complexity index is 415. The van der Waals surface area contributed by atoms with E-state index < -0.39 is 11.7 Å². The van der Waals surface area contributed by atoms with E-state index >= 15 is 0 Å². The maximum absolute atomic E-state index is 10.3. The molecule has 1 atom stereocenters. The third-order valence-electron chi connectivity index (χ3n) is 3.72. The van der Waals surface area contributed by atoms with Crippen molar-refractivity contribution in [2.24, 2.45) is 0 Å². The Hall–Kier alpha value is -1.14. The largest absolute Gasteiger partial charge is 0.491 e. The summed E-state index contributed by atoms with van der Waals surface area (Å²) in [6, 6.07) is 7.72. The van der Waals surface area contributed by atoms with Gasteiger partial charge in [-0.3, -0.25) is 0 Å². The van der Waals surface area contributed by atoms with Gasteiger partial charge in [0, 0.05) is 39.1 Å². The van der Waals surface area contributed by atoms with Gasteiger partial charge in [0.15, 0.2) is 0 Å². The van der Waals surface area contributed by atoms with E-state index in [4.69, 9.17) is 9.47 Å². The van der Waals surface area contributed by atoms with E-state index in [1.807, 2.05) is 31.2 Å². The highest BCUT2D eigenvalue weighted by atomic mass is 16.5. The van der Waals surface area contributed by atoms with Gasteiger partial charge in [0.05, 0.1) is 5.60 Å². The van der Waals surface area contributed by atoms with Crippen LogP contribution in [0.1, 0.15) is 18.4 Å². The SMILES string of the molecule is Cc1ccc(OCC(O)CNCC2(O)CCOCC2)cc1. The zero-order valence-electron chi connectivity index (χ0n) is 12.5. The summed E-state index contributed by atoms with van der Waals surface area (Å²) in [5.41, 5.74) is 0.463. The second kappa shape index (κ2) is 7.75. The summed E-state index contributed by atoms with van der Waals surface area (Å²) in [5, 5.41) is 23.3. The maximum atomic E-state index is 10.3. The maximum Gasteiger partial charge on any atom is 0.119 e. The first-order valence-electron chi connectivity index (χ1n) is 7.46. The van der Waals surface area contributed by atoms with Gasteiger partial charge in [-0.25, -0.2) is 0 Å². The molecule has 1 aliphatic rings. The fourth-order valence-corrected chi connectivity index (χ4v) is 2.29. The molecule has 1 heterocycles. The first kappa shape index (κ1) is 16.2. The van der Waals surface area contributed by atoms with Crippen LogP contribution in [-0.4, -0.2) is 54.8 Å². The van der Waals surface area contributed by atoms with Crippen LogP contribution in [0, 0.1) is 6.92 Å². The van der Waals surface area contributed by atoms with E-state index in [9.17, 15) is 10.2 Å². The Labute approximate surface area is 125 Å². The van der Waals surface area contributed by atoms with Crippen LogP contribution in [0.25, 0.3) is 0 Å². The lowest BCUT2D eigenvalue weighted by Crippen LogP contribution is -2.47. The average molecular weight is 295 g/mol. The van der Waals surface area contributed by atoms with E-state index in [2.05, 4.69) is 5.32 Å². The van der Waals surface area contributed by atoms with E-state index in [1.165, 1.54) is 5.56 Å². The molecule has 5 heteroatoms. The number of aliphatic hydroxyl groups is 2. The smallest absolute Gasteiger partial charge is 0.119 e. The van der Waals surface area contributed by atoms with Crippen LogP contribution in [0.3, 0.4) is 0 Å². The van der Waals surface area contributed by atoms with E-state index in [-0.39, 0.29) is 6.61 Å². The zero-order valence-corrected chi connectivity index (χ0v) is 12.5. The van der Waals surface area contributed by atoms with Crippen molar-refractivity contribution in [1.82, 2.24) is 5.32 Å². The zero-order chi connectivity index (χ0) is 15.1. The lowest BCUT2D eigenvalue weighted by atomic mass is 9.94. The van der Waals surface area contributed by atoms with E-state index in [0.717, 1.165) is 5.75 Å². The van der Waals surface area contributed by atoms with Crippen molar-refractivity contribution >= 4 is 0 Å². The fraction of sp³-hybridized carbons (Fsp3) is 0.625. The Morgan fingerprint density at radius 2 is 1.95 bits per heavy atom. The molecule has 0 aliphatic carbocycles. The number of aliphatic hydroxyl groups excluding tert-OH is 1. The molecule has 0 saturated carbocycles. The molecule has 1 aromatic rings. The summed E-state index contributed by atoms with van der Waals surface area (Å²) in [4.78, 5) is 0. The minimum atomic E-state index is -0.713. The minimum Gasteiger partial charge on any atom is -0.491 e. The molecule has 1 aromatic carbocycles. The Kier molecular flexibility index (Phi) is 5.99. The molecule has 5 nitrogen and oxygen atoms in total. The molecule has 1 aliphatic heterocycles. The minimum absolute atomic E-state index is 0.234. The number of hydrogen-bond acceptors (Lipinski definition) is 5. The topological polar surface area (TPSA) is 71.0 Å². The van der Waals surface area contributed by atoms with Crippen molar-refractivity contribution in [2.75, 3.05) is 32.9 Å². The van der Waals surface area contributed by atoms with Crippen LogP contribution < -0.4 is 10.1 Å². The van der Waals surface area contributed by atoms with Gasteiger partial charge in [-0.2, -0.15) is 0 Å². The number of hydrogen-bond donors (Lipinski definition) is 3. The summed E-state index contributed by atoms with van der Waals surface area (Å²) in [5.74, 6) is 0.753. The fourth-order valence-electron chi connectivity index (χ4n) is 2.29. The second-order valence-electron chi connectivity index (χ2n) is 5.75. The lowest BCUT2D eigenvalue weighted by Gasteiger charge is -2.32. The van der Waals surface area contributed by atoms with Gasteiger partial charge >= 0.3 is 0 Å². The summed E-state index contributed by atoms with van der Waals surface area (Å²) in [6.07, 6.45) is 0.668. The predicted molar refractivity (Wildman–Crippen MR) is 80.6 cm³/mol. The average Bonchev–Trinajstić information content (AvgIpc) is 2.47. The van der Waals surface area contributed by atoms with Crippen molar-refractivity contribution in [1.29, 1.82) is 0 Å². The van der Waals surface area contributed by atoms with Gasteiger partial charge < -0.3 is 25.0 Å². The molecule has 1 fully saturated rings. The standard InChI is InChI=1S/C16H25NO4/c1-13-2-4-15(5-3-13)21-11-14(18)10-17-12-16(19)6-8-20-9-7-16/h2-5,14,17-19H,6-12H2,1H3. The molecule has 1 saturated heterocycles. The highest BCUT2D eigenvalue weighted by Crippen LogP contribution is 2.19. The lowest BCUT2D eigenvalue weighted by molar-refractivity contribution is -0.0626. The van der Waals surface area contributed by atoms with Crippen molar-refractivity contribution in [3.63, 3.8) is 0 Å². The normalized spacial score (nSPS) is 19.2. The molecule has 118 valence electrons. The van der Waals surface area contributed by atoms with E-state index in [1.54, 1.807) is 0 Å². The third kappa shape index (κ3) is 5.63. The number of ether oxygens (including phenoxy) is 2. The van der Waals surface area contributed by atoms with Crippen LogP contribution in [-0.2, 0) is 4.74 Å². The summed E-state index contributed by atoms with van der Waals surface area (Å²) in [6.45, 7) is 4.31. The first-order chi connectivity index (χ1) is 10.1. The summed E-state index contributed by atoms with van der Waals surface area (Å²) in [7, 11) is 0. The van der Waals surface area contributed by atoms with Gasteiger partial charge in [0.1, 0.15) is 18.5 Å². The molecule has 0 bridgehead atoms. The molecule has 1 unspecified atom stereocenters. The monoisotopic (exact) mass is 295 g/mol. The second-order valence-corrected chi connectivity index (χ2v) is 5.75. The van der Waals surface area contributed by atoms with E-state index in [0.29, 0.717) is 39.1 Å². The number of nitrogens with one attached hydrogen (secondary N) is 1. The van der Waals surface area contributed by atoms with Crippen molar-refractivity contribution in [3.05, 3.63) is 29.8 Å². The molecule has 0 aromatic heterocycles. The predicted octanol–water partition coefficient (Wildman–Crippen LogP) is 0.866. The van der Waals surface area contributed by atoms with Crippen LogP contribution in [0.4, 0.5) is 0 Å². The Balaban J connectivity index is 1.63. The molecule has 0 radical (unpaired) electrons. The number of rotatable bonds is 7. The third-order valence-corrected chi connectivity index (χ3v) is 3.72. The molecular formula is C16H25NO4. The summed E-state index contributed by atoms with van der Waals surface area (Å²) < 4.78 is 10.7. The Morgan fingerprint density at radius 1 is 1.29 bits per heavy atom. The first-order valence-corrected chi connectivity index (χ1v) is 7.46. The molecule has 2 rings (SSSR count). The van der Waals surface area contributed by atoms with Crippen molar-refractivity contribution in [2.45, 2.75) is 31.5 Å². The van der Waals surface area contributed by atoms with Gasteiger partial charge in [0.25, 0.3) is 0 Å². The van der Waals surface area contributed by atoms with Crippen molar-refractivity contribution in [3.8, 4) is 5.75 Å². The molecular weight excluding hydrogens is 270 g/mol. The number of aryl methyl sites for hydroxylation is 1. The Morgan fingerprint density at radius 3 is 2.62 bits per heavy atom. The molecule has 21 heavy (non-hydrogen) atoms. The van der Waals surface area contributed by atoms with Crippen LogP contribution in [0.15, 0.2) is 24.3 Å². The molecule has 3 N–H and O–H groups in total. The van der Waals surface area contributed by atoms with Crippen LogP contribution in [0.2, 0.25) is 0 Å². The van der Waals surface area contributed by atoms with Gasteiger partial charge in [0.2, 0.25) is 0 Å². The van der Waals surface area contributed by atoms with Crippen LogP contribution in [0.5, 0.6) is 5.75 Å². The van der Waals surface area contributed by atoms with Gasteiger partial charge in [-0.15, -0.1) is 0 Å². The van der Waals surface area contributed by atoms with Crippen molar-refractivity contribution < 1.29 is 19.7 Å². The van der Waals surface area contributed by atoms with Gasteiger partial charge in [-0.05, 0) is 19.1 Å². The highest BCUT2D eigenvalue weighted by Gasteiger charge is 2.29. The quantitative estimate of drug-likeness (QED) is 0.696. The highest BCUT2D eigenvalue weighted by molar-refractivity contribution is 5.26. The molecule has 0 spiro atoms. The summed E-state index contributed by atoms with van der Waals surface area (Å²) >= 11 is 0. The van der Waals surface area contributed by atoms with Gasteiger partial charge in [-0.1, -0.05) is 17.7 Å². The molecule has 0 amide bonds.